The summed E-state index contributed by atoms with van der Waals surface area (Å²) in [5.41, 5.74) is 5.92. The van der Waals surface area contributed by atoms with E-state index >= 15 is 0 Å². The Morgan fingerprint density at radius 1 is 1.29 bits per heavy atom. The van der Waals surface area contributed by atoms with Gasteiger partial charge in [0.15, 0.2) is 0 Å². The van der Waals surface area contributed by atoms with E-state index in [1.165, 1.54) is 20.4 Å². The summed E-state index contributed by atoms with van der Waals surface area (Å²) in [5.74, 6) is 0. The van der Waals surface area contributed by atoms with Gasteiger partial charge >= 0.3 is 0 Å². The van der Waals surface area contributed by atoms with E-state index < -0.39 is 0 Å². The van der Waals surface area contributed by atoms with Crippen LogP contribution in [-0.4, -0.2) is 10.2 Å². The largest absolute Gasteiger partial charge is 0.381 e. The highest BCUT2D eigenvalue weighted by Crippen LogP contribution is 2.19. The van der Waals surface area contributed by atoms with Crippen LogP contribution in [0.5, 0.6) is 0 Å². The van der Waals surface area contributed by atoms with Crippen LogP contribution in [0.25, 0.3) is 0 Å². The second-order valence-corrected chi connectivity index (χ2v) is 5.47. The highest BCUT2D eigenvalue weighted by molar-refractivity contribution is 14.1. The minimum Gasteiger partial charge on any atom is -0.381 e. The van der Waals surface area contributed by atoms with Crippen molar-refractivity contribution in [3.05, 3.63) is 44.3 Å². The van der Waals surface area contributed by atoms with Crippen molar-refractivity contribution in [3.63, 3.8) is 0 Å². The maximum atomic E-state index is 4.20. The third-order valence-corrected chi connectivity index (χ3v) is 3.60. The van der Waals surface area contributed by atoms with Crippen LogP contribution in [-0.2, 0) is 6.54 Å². The fraction of sp³-hybridized carbons (Fsp3) is 0.308. The van der Waals surface area contributed by atoms with E-state index in [1.54, 1.807) is 0 Å². The van der Waals surface area contributed by atoms with Gasteiger partial charge in [-0.2, -0.15) is 5.10 Å². The first-order valence-electron chi connectivity index (χ1n) is 5.58. The van der Waals surface area contributed by atoms with Crippen molar-refractivity contribution in [2.24, 2.45) is 0 Å². The summed E-state index contributed by atoms with van der Waals surface area (Å²) in [7, 11) is 0. The molecule has 4 heteroatoms. The van der Waals surface area contributed by atoms with Gasteiger partial charge in [0.25, 0.3) is 0 Å². The van der Waals surface area contributed by atoms with Crippen LogP contribution in [0, 0.1) is 24.3 Å². The van der Waals surface area contributed by atoms with E-state index in [9.17, 15) is 0 Å². The van der Waals surface area contributed by atoms with Crippen molar-refractivity contribution >= 4 is 28.3 Å². The molecule has 0 fully saturated rings. The second kappa shape index (κ2) is 5.08. The van der Waals surface area contributed by atoms with Crippen LogP contribution in [0.3, 0.4) is 0 Å². The summed E-state index contributed by atoms with van der Waals surface area (Å²) in [6.07, 6.45) is 0. The zero-order chi connectivity index (χ0) is 12.4. The van der Waals surface area contributed by atoms with Gasteiger partial charge < -0.3 is 5.32 Å². The first-order valence-corrected chi connectivity index (χ1v) is 6.66. The Labute approximate surface area is 115 Å². The Bertz CT molecular complexity index is 512. The van der Waals surface area contributed by atoms with Gasteiger partial charge in [-0.15, -0.1) is 0 Å². The molecule has 0 bridgehead atoms. The van der Waals surface area contributed by atoms with Crippen molar-refractivity contribution < 1.29 is 0 Å². The van der Waals surface area contributed by atoms with Gasteiger partial charge in [0.05, 0.1) is 5.69 Å². The van der Waals surface area contributed by atoms with E-state index in [2.05, 4.69) is 70.2 Å². The number of aromatic nitrogens is 2. The molecular formula is C13H16IN3. The normalized spacial score (nSPS) is 10.6. The number of nitrogens with one attached hydrogen (secondary N) is 2. The Morgan fingerprint density at radius 3 is 2.65 bits per heavy atom. The lowest BCUT2D eigenvalue weighted by atomic mass is 10.1. The highest BCUT2D eigenvalue weighted by Gasteiger charge is 2.06. The minimum atomic E-state index is 0.815. The molecule has 0 aliphatic heterocycles. The van der Waals surface area contributed by atoms with Gasteiger partial charge in [-0.1, -0.05) is 0 Å². The lowest BCUT2D eigenvalue weighted by Crippen LogP contribution is -2.03. The number of halogens is 1. The molecule has 2 N–H and O–H groups in total. The fourth-order valence-corrected chi connectivity index (χ4v) is 2.49. The van der Waals surface area contributed by atoms with Crippen molar-refractivity contribution in [1.82, 2.24) is 10.2 Å². The molecule has 1 aromatic carbocycles. The van der Waals surface area contributed by atoms with E-state index in [1.807, 2.05) is 6.92 Å². The van der Waals surface area contributed by atoms with Gasteiger partial charge in [0.1, 0.15) is 0 Å². The monoisotopic (exact) mass is 341 g/mol. The van der Waals surface area contributed by atoms with Gasteiger partial charge in [-0.3, -0.25) is 5.10 Å². The predicted molar refractivity (Wildman–Crippen MR) is 79.3 cm³/mol. The fourth-order valence-electron chi connectivity index (χ4n) is 1.84. The predicted octanol–water partition coefficient (Wildman–Crippen LogP) is 3.55. The summed E-state index contributed by atoms with van der Waals surface area (Å²) in [6.45, 7) is 7.02. The van der Waals surface area contributed by atoms with Crippen LogP contribution in [0.1, 0.15) is 22.5 Å². The molecule has 0 aliphatic rings. The van der Waals surface area contributed by atoms with E-state index in [-0.39, 0.29) is 0 Å². The number of rotatable bonds is 3. The van der Waals surface area contributed by atoms with Crippen molar-refractivity contribution in [1.29, 1.82) is 0 Å². The summed E-state index contributed by atoms with van der Waals surface area (Å²) in [5, 5.41) is 10.7. The molecule has 0 radical (unpaired) electrons. The third kappa shape index (κ3) is 2.80. The molecule has 2 rings (SSSR count). The average molecular weight is 341 g/mol. The molecule has 0 amide bonds. The number of benzene rings is 1. The van der Waals surface area contributed by atoms with Crippen LogP contribution in [0.4, 0.5) is 5.69 Å². The van der Waals surface area contributed by atoms with Crippen LogP contribution >= 0.6 is 22.6 Å². The molecule has 0 aliphatic carbocycles. The van der Waals surface area contributed by atoms with Crippen molar-refractivity contribution in [2.75, 3.05) is 5.32 Å². The maximum absolute atomic E-state index is 4.20. The Morgan fingerprint density at radius 2 is 2.06 bits per heavy atom. The zero-order valence-corrected chi connectivity index (χ0v) is 12.4. The molecule has 3 nitrogen and oxygen atoms in total. The summed E-state index contributed by atoms with van der Waals surface area (Å²) >= 11 is 2.33. The summed E-state index contributed by atoms with van der Waals surface area (Å²) in [6, 6.07) is 6.42. The number of hydrogen-bond acceptors (Lipinski definition) is 2. The topological polar surface area (TPSA) is 40.7 Å². The molecule has 90 valence electrons. The minimum absolute atomic E-state index is 0.815. The Hall–Kier alpha value is -1.04. The smallest absolute Gasteiger partial charge is 0.0643 e. The quantitative estimate of drug-likeness (QED) is 0.839. The number of nitrogens with zero attached hydrogens (tertiary/aromatic N) is 1. The van der Waals surface area contributed by atoms with Crippen LogP contribution < -0.4 is 5.32 Å². The number of H-pyrrole nitrogens is 1. The number of aromatic amines is 1. The molecule has 1 aromatic heterocycles. The number of hydrogen-bond donors (Lipinski definition) is 2. The first kappa shape index (κ1) is 12.4. The molecule has 1 heterocycles. The van der Waals surface area contributed by atoms with Crippen LogP contribution in [0.2, 0.25) is 0 Å². The van der Waals surface area contributed by atoms with E-state index in [0.29, 0.717) is 0 Å². The Balaban J connectivity index is 2.13. The Kier molecular flexibility index (Phi) is 3.71. The van der Waals surface area contributed by atoms with E-state index in [4.69, 9.17) is 0 Å². The molecule has 0 unspecified atom stereocenters. The van der Waals surface area contributed by atoms with Crippen LogP contribution in [0.15, 0.2) is 18.2 Å². The lowest BCUT2D eigenvalue weighted by Gasteiger charge is -2.10. The van der Waals surface area contributed by atoms with Gasteiger partial charge in [0.2, 0.25) is 0 Å². The molecule has 0 saturated heterocycles. The maximum Gasteiger partial charge on any atom is 0.0643 e. The zero-order valence-electron chi connectivity index (χ0n) is 10.3. The van der Waals surface area contributed by atoms with E-state index in [0.717, 1.165) is 17.9 Å². The van der Waals surface area contributed by atoms with Crippen molar-refractivity contribution in [2.45, 2.75) is 27.3 Å². The molecule has 0 saturated carbocycles. The molecular weight excluding hydrogens is 325 g/mol. The molecule has 0 spiro atoms. The highest BCUT2D eigenvalue weighted by atomic mass is 127. The molecule has 2 aromatic rings. The summed E-state index contributed by atoms with van der Waals surface area (Å²) in [4.78, 5) is 0. The number of aryl methyl sites for hydroxylation is 3. The average Bonchev–Trinajstić information content (AvgIpc) is 2.58. The first-order chi connectivity index (χ1) is 8.08. The van der Waals surface area contributed by atoms with Gasteiger partial charge in [-0.05, 0) is 67.1 Å². The van der Waals surface area contributed by atoms with Gasteiger partial charge in [-0.25, -0.2) is 0 Å². The van der Waals surface area contributed by atoms with Crippen molar-refractivity contribution in [3.8, 4) is 0 Å². The second-order valence-electron chi connectivity index (χ2n) is 4.23. The third-order valence-electron chi connectivity index (χ3n) is 2.92. The molecule has 17 heavy (non-hydrogen) atoms. The van der Waals surface area contributed by atoms with Gasteiger partial charge in [0, 0.05) is 27.1 Å². The lowest BCUT2D eigenvalue weighted by molar-refractivity contribution is 1.02. The number of anilines is 1. The molecule has 0 atom stereocenters. The SMILES string of the molecule is Cc1cc(I)ccc1NCc1c(C)n[nH]c1C. The summed E-state index contributed by atoms with van der Waals surface area (Å²) < 4.78 is 1.27. The standard InChI is InChI=1S/C13H16IN3/c1-8-6-11(14)4-5-13(8)15-7-12-9(2)16-17-10(12)3/h4-6,15H,7H2,1-3H3,(H,16,17).